The highest BCUT2D eigenvalue weighted by Gasteiger charge is 1.91. The van der Waals surface area contributed by atoms with Crippen molar-refractivity contribution in [2.45, 2.75) is 0 Å². The maximum absolute atomic E-state index is 5.52. The summed E-state index contributed by atoms with van der Waals surface area (Å²) >= 11 is 0. The minimum absolute atomic E-state index is 0. The van der Waals surface area contributed by atoms with Crippen LogP contribution in [0.25, 0.3) is 0 Å². The van der Waals surface area contributed by atoms with Gasteiger partial charge in [-0.2, -0.15) is 10.2 Å². The lowest BCUT2D eigenvalue weighted by Crippen LogP contribution is -1.94. The predicted molar refractivity (Wildman–Crippen MR) is 151 cm³/mol. The lowest BCUT2D eigenvalue weighted by Gasteiger charge is -1.98. The number of nitrogen functional groups attached to an aromatic ring is 2. The zero-order valence-electron chi connectivity index (χ0n) is 18.7. The second kappa shape index (κ2) is 17.3. The molecule has 35 heavy (non-hydrogen) atoms. The molecule has 184 valence electrons. The van der Waals surface area contributed by atoms with E-state index in [0.29, 0.717) is 23.0 Å². The number of nitrogens with zero attached hydrogens (tertiary/aromatic N) is 4. The third kappa shape index (κ3) is 12.0. The Hall–Kier alpha value is -4.18. The highest BCUT2D eigenvalue weighted by Crippen LogP contribution is 2.06. The van der Waals surface area contributed by atoms with Gasteiger partial charge in [-0.05, 0) is 35.4 Å². The molecule has 0 aliphatic rings. The van der Waals surface area contributed by atoms with E-state index >= 15 is 0 Å². The van der Waals surface area contributed by atoms with Crippen LogP contribution >= 0.6 is 24.8 Å². The lowest BCUT2D eigenvalue weighted by atomic mass is 10.2. The fraction of sp³-hybridized carbons (Fsp3) is 0. The average molecular weight is 515 g/mol. The van der Waals surface area contributed by atoms with Gasteiger partial charge in [0.05, 0.1) is 36.2 Å². The summed E-state index contributed by atoms with van der Waals surface area (Å²) in [7, 11) is 0. The van der Waals surface area contributed by atoms with Gasteiger partial charge in [0.25, 0.3) is 0 Å². The van der Waals surface area contributed by atoms with E-state index in [-0.39, 0.29) is 30.3 Å². The Morgan fingerprint density at radius 3 is 1.26 bits per heavy atom. The van der Waals surface area contributed by atoms with Crippen LogP contribution in [0.4, 0.5) is 23.0 Å². The lowest BCUT2D eigenvalue weighted by molar-refractivity contribution is 0.824. The standard InChI is InChI=1S/2C12H12N4.2ClH.H2O/c2*13-11-6-7-12(14-9-11)16-15-8-10-4-2-1-3-5-10;;;/h2*1-9H,13H2,(H,14,16);2*1H;1H2. The van der Waals surface area contributed by atoms with E-state index in [1.807, 2.05) is 60.7 Å². The molecule has 0 radical (unpaired) electrons. The summed E-state index contributed by atoms with van der Waals surface area (Å²) in [5.74, 6) is 1.34. The first-order valence-electron chi connectivity index (χ1n) is 9.80. The first-order valence-corrected chi connectivity index (χ1v) is 9.80. The molecule has 0 atom stereocenters. The van der Waals surface area contributed by atoms with E-state index in [0.717, 1.165) is 11.1 Å². The summed E-state index contributed by atoms with van der Waals surface area (Å²) in [6, 6.07) is 26.8. The van der Waals surface area contributed by atoms with Gasteiger partial charge < -0.3 is 16.9 Å². The zero-order valence-corrected chi connectivity index (χ0v) is 20.3. The smallest absolute Gasteiger partial charge is 0.146 e. The van der Waals surface area contributed by atoms with Crippen LogP contribution < -0.4 is 22.3 Å². The highest BCUT2D eigenvalue weighted by molar-refractivity contribution is 5.85. The number of nitrogens with two attached hydrogens (primary N) is 2. The molecule has 0 bridgehead atoms. The molecule has 2 aromatic heterocycles. The minimum atomic E-state index is 0. The normalized spacial score (nSPS) is 9.60. The Morgan fingerprint density at radius 2 is 0.943 bits per heavy atom. The number of hydrazone groups is 2. The Labute approximate surface area is 216 Å². The summed E-state index contributed by atoms with van der Waals surface area (Å²) in [6.07, 6.45) is 6.64. The summed E-state index contributed by atoms with van der Waals surface area (Å²) in [4.78, 5) is 8.12. The molecule has 0 unspecified atom stereocenters. The molecule has 0 aliphatic carbocycles. The van der Waals surface area contributed by atoms with Crippen molar-refractivity contribution in [3.8, 4) is 0 Å². The maximum Gasteiger partial charge on any atom is 0.146 e. The Kier molecular flexibility index (Phi) is 15.2. The molecule has 11 heteroatoms. The Bertz CT molecular complexity index is 1030. The molecule has 8 N–H and O–H groups in total. The van der Waals surface area contributed by atoms with Crippen LogP contribution in [0.2, 0.25) is 0 Å². The van der Waals surface area contributed by atoms with E-state index in [1.165, 1.54) is 0 Å². The van der Waals surface area contributed by atoms with Gasteiger partial charge in [-0.15, -0.1) is 24.8 Å². The quantitative estimate of drug-likeness (QED) is 0.222. The van der Waals surface area contributed by atoms with Crippen LogP contribution in [0.15, 0.2) is 108 Å². The second-order valence-electron chi connectivity index (χ2n) is 6.51. The molecule has 0 amide bonds. The van der Waals surface area contributed by atoms with Gasteiger partial charge in [-0.25, -0.2) is 9.97 Å². The molecule has 2 heterocycles. The summed E-state index contributed by atoms with van der Waals surface area (Å²) in [5.41, 5.74) is 20.0. The summed E-state index contributed by atoms with van der Waals surface area (Å²) in [6.45, 7) is 0. The van der Waals surface area contributed by atoms with Crippen molar-refractivity contribution in [2.75, 3.05) is 22.3 Å². The van der Waals surface area contributed by atoms with Crippen LogP contribution in [-0.4, -0.2) is 27.9 Å². The number of benzene rings is 2. The molecule has 4 aromatic rings. The van der Waals surface area contributed by atoms with Gasteiger partial charge in [-0.1, -0.05) is 60.7 Å². The number of pyridine rings is 2. The summed E-state index contributed by atoms with van der Waals surface area (Å²) in [5, 5.41) is 8.13. The fourth-order valence-corrected chi connectivity index (χ4v) is 2.37. The third-order valence-electron chi connectivity index (χ3n) is 3.96. The van der Waals surface area contributed by atoms with Crippen LogP contribution in [0.1, 0.15) is 11.1 Å². The summed E-state index contributed by atoms with van der Waals surface area (Å²) < 4.78 is 0. The van der Waals surface area contributed by atoms with E-state index in [4.69, 9.17) is 11.5 Å². The number of anilines is 4. The van der Waals surface area contributed by atoms with Gasteiger partial charge in [0.2, 0.25) is 0 Å². The monoisotopic (exact) mass is 514 g/mol. The molecule has 0 spiro atoms. The number of hydrogen-bond donors (Lipinski definition) is 4. The Balaban J connectivity index is 0.000000608. The highest BCUT2D eigenvalue weighted by atomic mass is 35.5. The van der Waals surface area contributed by atoms with Gasteiger partial charge in [0.1, 0.15) is 11.6 Å². The van der Waals surface area contributed by atoms with E-state index in [2.05, 4.69) is 31.0 Å². The molecule has 0 aliphatic heterocycles. The molecular formula is C24H28Cl2N8O. The van der Waals surface area contributed by atoms with Crippen LogP contribution in [0.3, 0.4) is 0 Å². The van der Waals surface area contributed by atoms with Crippen LogP contribution in [-0.2, 0) is 0 Å². The first-order chi connectivity index (χ1) is 15.7. The number of halogens is 2. The molecule has 2 aromatic carbocycles. The van der Waals surface area contributed by atoms with Crippen molar-refractivity contribution >= 4 is 60.3 Å². The molecule has 0 saturated heterocycles. The molecule has 4 rings (SSSR count). The van der Waals surface area contributed by atoms with Crippen molar-refractivity contribution in [3.05, 3.63) is 108 Å². The predicted octanol–water partition coefficient (Wildman–Crippen LogP) is 4.24. The second-order valence-corrected chi connectivity index (χ2v) is 6.51. The first kappa shape index (κ1) is 30.8. The average Bonchev–Trinajstić information content (AvgIpc) is 2.84. The number of hydrogen-bond acceptors (Lipinski definition) is 8. The number of nitrogens with one attached hydrogen (secondary N) is 2. The van der Waals surface area contributed by atoms with Crippen LogP contribution in [0.5, 0.6) is 0 Å². The number of rotatable bonds is 6. The number of aromatic nitrogens is 2. The molecule has 0 saturated carbocycles. The van der Waals surface area contributed by atoms with Crippen molar-refractivity contribution in [1.82, 2.24) is 9.97 Å². The van der Waals surface area contributed by atoms with Gasteiger partial charge in [-0.3, -0.25) is 10.9 Å². The third-order valence-corrected chi connectivity index (χ3v) is 3.96. The van der Waals surface area contributed by atoms with Crippen molar-refractivity contribution in [3.63, 3.8) is 0 Å². The van der Waals surface area contributed by atoms with Crippen molar-refractivity contribution in [1.29, 1.82) is 0 Å². The molecular weight excluding hydrogens is 487 g/mol. The topological polar surface area (TPSA) is 158 Å². The maximum atomic E-state index is 5.52. The molecule has 9 nitrogen and oxygen atoms in total. The Morgan fingerprint density at radius 1 is 0.571 bits per heavy atom. The van der Waals surface area contributed by atoms with Crippen LogP contribution in [0, 0.1) is 0 Å². The van der Waals surface area contributed by atoms with E-state index in [9.17, 15) is 0 Å². The largest absolute Gasteiger partial charge is 0.412 e. The zero-order chi connectivity index (χ0) is 22.4. The van der Waals surface area contributed by atoms with Gasteiger partial charge >= 0.3 is 0 Å². The van der Waals surface area contributed by atoms with E-state index < -0.39 is 0 Å². The SMILES string of the molecule is Cl.Cl.Nc1ccc(NN=Cc2ccccc2)nc1.Nc1ccc(NN=Cc2ccccc2)nc1.O. The minimum Gasteiger partial charge on any atom is -0.412 e. The fourth-order valence-electron chi connectivity index (χ4n) is 2.37. The molecule has 0 fully saturated rings. The van der Waals surface area contributed by atoms with Gasteiger partial charge in [0.15, 0.2) is 0 Å². The van der Waals surface area contributed by atoms with E-state index in [1.54, 1.807) is 49.1 Å². The van der Waals surface area contributed by atoms with Gasteiger partial charge in [0, 0.05) is 0 Å². The van der Waals surface area contributed by atoms with Crippen molar-refractivity contribution < 1.29 is 5.48 Å². The van der Waals surface area contributed by atoms with Crippen molar-refractivity contribution in [2.24, 2.45) is 10.2 Å².